The third-order valence-corrected chi connectivity index (χ3v) is 2.98. The molecule has 0 atom stereocenters. The van der Waals surface area contributed by atoms with E-state index in [0.717, 1.165) is 30.1 Å². The fourth-order valence-corrected chi connectivity index (χ4v) is 1.97. The van der Waals surface area contributed by atoms with Gasteiger partial charge in [0.05, 0.1) is 10.8 Å². The highest BCUT2D eigenvalue weighted by molar-refractivity contribution is 7.71. The summed E-state index contributed by atoms with van der Waals surface area (Å²) < 4.78 is 11.9. The molecule has 2 aromatic heterocycles. The van der Waals surface area contributed by atoms with Gasteiger partial charge in [-0.3, -0.25) is 0 Å². The smallest absolute Gasteiger partial charge is 0.197 e. The number of rotatable bonds is 3. The van der Waals surface area contributed by atoms with Crippen LogP contribution in [0.5, 0.6) is 0 Å². The topological polar surface area (TPSA) is 29.5 Å². The molecule has 4 heteroatoms. The van der Waals surface area contributed by atoms with Crippen molar-refractivity contribution in [3.05, 3.63) is 22.4 Å². The molecule has 0 spiro atoms. The van der Waals surface area contributed by atoms with E-state index in [-0.39, 0.29) is 0 Å². The lowest BCUT2D eigenvalue weighted by Gasteiger charge is -2.18. The highest BCUT2D eigenvalue weighted by atomic mass is 32.1. The lowest BCUT2D eigenvalue weighted by Crippen LogP contribution is -2.21. The molecule has 0 saturated heterocycles. The van der Waals surface area contributed by atoms with Gasteiger partial charge in [-0.15, -0.1) is 0 Å². The molecule has 0 fully saturated rings. The van der Waals surface area contributed by atoms with Gasteiger partial charge in [-0.1, -0.05) is 12.2 Å². The Morgan fingerprint density at radius 3 is 2.56 bits per heavy atom. The average Bonchev–Trinajstić information content (AvgIpc) is 2.63. The fraction of sp³-hybridized carbons (Fsp3) is 0.417. The Hall–Kier alpha value is -1.29. The van der Waals surface area contributed by atoms with Gasteiger partial charge >= 0.3 is 0 Å². The van der Waals surface area contributed by atoms with Crippen molar-refractivity contribution in [2.75, 3.05) is 18.0 Å². The summed E-state index contributed by atoms with van der Waals surface area (Å²) in [4.78, 5) is 2.13. The Kier molecular flexibility index (Phi) is 3.01. The summed E-state index contributed by atoms with van der Waals surface area (Å²) in [7, 11) is 0. The van der Waals surface area contributed by atoms with Crippen molar-refractivity contribution in [2.45, 2.75) is 20.8 Å². The molecule has 0 amide bonds. The van der Waals surface area contributed by atoms with E-state index >= 15 is 0 Å². The zero-order chi connectivity index (χ0) is 11.7. The first-order valence-corrected chi connectivity index (χ1v) is 5.85. The second-order valence-corrected chi connectivity index (χ2v) is 4.14. The number of anilines is 1. The van der Waals surface area contributed by atoms with E-state index in [0.29, 0.717) is 10.1 Å². The summed E-state index contributed by atoms with van der Waals surface area (Å²) in [6, 6.07) is 1.85. The Bertz CT molecular complexity index is 552. The van der Waals surface area contributed by atoms with Crippen LogP contribution in [0.15, 0.2) is 21.2 Å². The van der Waals surface area contributed by atoms with Crippen LogP contribution in [0.3, 0.4) is 0 Å². The van der Waals surface area contributed by atoms with Crippen molar-refractivity contribution in [3.63, 3.8) is 0 Å². The van der Waals surface area contributed by atoms with Gasteiger partial charge in [0.15, 0.2) is 17.1 Å². The summed E-state index contributed by atoms with van der Waals surface area (Å²) >= 11 is 5.29. The maximum Gasteiger partial charge on any atom is 0.197 e. The van der Waals surface area contributed by atoms with Crippen molar-refractivity contribution in [3.8, 4) is 0 Å². The third-order valence-electron chi connectivity index (χ3n) is 2.68. The molecule has 16 heavy (non-hydrogen) atoms. The molecule has 0 radical (unpaired) electrons. The van der Waals surface area contributed by atoms with Gasteiger partial charge in [0.1, 0.15) is 0 Å². The van der Waals surface area contributed by atoms with E-state index < -0.39 is 0 Å². The number of hydrogen-bond donors (Lipinski definition) is 0. The molecule has 2 heterocycles. The monoisotopic (exact) mass is 237 g/mol. The van der Waals surface area contributed by atoms with E-state index in [1.807, 2.05) is 13.0 Å². The van der Waals surface area contributed by atoms with Gasteiger partial charge in [-0.2, -0.15) is 0 Å². The van der Waals surface area contributed by atoms with Crippen LogP contribution in [0.25, 0.3) is 11.2 Å². The summed E-state index contributed by atoms with van der Waals surface area (Å²) in [5, 5.41) is 0. The minimum Gasteiger partial charge on any atom is -0.459 e. The van der Waals surface area contributed by atoms with Gasteiger partial charge in [0.25, 0.3) is 0 Å². The predicted molar refractivity (Wildman–Crippen MR) is 67.6 cm³/mol. The van der Waals surface area contributed by atoms with Crippen LogP contribution in [-0.4, -0.2) is 13.1 Å². The van der Waals surface area contributed by atoms with E-state index in [1.165, 1.54) is 0 Å². The molecule has 86 valence electrons. The maximum absolute atomic E-state index is 5.82. The highest BCUT2D eigenvalue weighted by Crippen LogP contribution is 2.27. The zero-order valence-corrected chi connectivity index (χ0v) is 10.6. The Labute approximate surface area is 99.7 Å². The summed E-state index contributed by atoms with van der Waals surface area (Å²) in [5.41, 5.74) is 2.41. The fourth-order valence-electron chi connectivity index (χ4n) is 1.73. The van der Waals surface area contributed by atoms with E-state index in [2.05, 4.69) is 18.7 Å². The largest absolute Gasteiger partial charge is 0.459 e. The van der Waals surface area contributed by atoms with Gasteiger partial charge in [0, 0.05) is 24.7 Å². The molecule has 0 aliphatic carbocycles. The van der Waals surface area contributed by atoms with Crippen molar-refractivity contribution < 1.29 is 8.83 Å². The van der Waals surface area contributed by atoms with Gasteiger partial charge in [0.2, 0.25) is 0 Å². The lowest BCUT2D eigenvalue weighted by atomic mass is 10.3. The molecule has 0 aromatic carbocycles. The molecule has 0 aliphatic rings. The minimum absolute atomic E-state index is 0.670. The Morgan fingerprint density at radius 2 is 1.94 bits per heavy atom. The number of furan rings is 1. The first-order chi connectivity index (χ1) is 7.67. The van der Waals surface area contributed by atoms with Crippen LogP contribution >= 0.6 is 12.2 Å². The molecular formula is C12H15NO2S. The van der Waals surface area contributed by atoms with Crippen LogP contribution in [0.4, 0.5) is 5.88 Å². The van der Waals surface area contributed by atoms with Gasteiger partial charge in [-0.05, 0) is 20.8 Å². The SMILES string of the molecule is CCN(CC)c1cc(=S)c2occ(C)c2o1. The predicted octanol–water partition coefficient (Wildman–Crippen LogP) is 3.91. The Morgan fingerprint density at radius 1 is 1.25 bits per heavy atom. The van der Waals surface area contributed by atoms with Gasteiger partial charge in [-0.25, -0.2) is 0 Å². The molecule has 0 N–H and O–H groups in total. The molecule has 2 rings (SSSR count). The number of hydrogen-bond acceptors (Lipinski definition) is 4. The maximum atomic E-state index is 5.82. The highest BCUT2D eigenvalue weighted by Gasteiger charge is 2.11. The second-order valence-electron chi connectivity index (χ2n) is 3.70. The van der Waals surface area contributed by atoms with Gasteiger partial charge < -0.3 is 13.7 Å². The van der Waals surface area contributed by atoms with Crippen LogP contribution in [0, 0.1) is 11.4 Å². The standard InChI is InChI=1S/C12H15NO2S/c1-4-13(5-2)10-6-9(16)12-11(15-10)8(3)7-14-12/h6-7H,4-5H2,1-3H3. The third kappa shape index (κ3) is 1.73. The van der Waals surface area contributed by atoms with E-state index in [4.69, 9.17) is 21.1 Å². The quantitative estimate of drug-likeness (QED) is 0.757. The molecule has 3 nitrogen and oxygen atoms in total. The Balaban J connectivity index is 2.64. The van der Waals surface area contributed by atoms with E-state index in [1.54, 1.807) is 6.26 Å². The van der Waals surface area contributed by atoms with Crippen molar-refractivity contribution in [1.29, 1.82) is 0 Å². The number of fused-ring (bicyclic) bond motifs is 1. The summed E-state index contributed by atoms with van der Waals surface area (Å²) in [5.74, 6) is 0.812. The minimum atomic E-state index is 0.670. The van der Waals surface area contributed by atoms with Crippen LogP contribution in [-0.2, 0) is 0 Å². The number of nitrogens with zero attached hydrogens (tertiary/aromatic N) is 1. The number of aryl methyl sites for hydroxylation is 1. The molecule has 0 aliphatic heterocycles. The first-order valence-electron chi connectivity index (χ1n) is 5.44. The zero-order valence-electron chi connectivity index (χ0n) is 9.74. The normalized spacial score (nSPS) is 10.9. The van der Waals surface area contributed by atoms with E-state index in [9.17, 15) is 0 Å². The van der Waals surface area contributed by atoms with Crippen molar-refractivity contribution in [1.82, 2.24) is 0 Å². The van der Waals surface area contributed by atoms with Crippen LogP contribution < -0.4 is 4.90 Å². The molecular weight excluding hydrogens is 222 g/mol. The molecule has 2 aromatic rings. The average molecular weight is 237 g/mol. The molecule has 0 unspecified atom stereocenters. The van der Waals surface area contributed by atoms with Crippen molar-refractivity contribution >= 4 is 29.3 Å². The summed E-state index contributed by atoms with van der Waals surface area (Å²) in [6.07, 6.45) is 1.68. The molecule has 0 bridgehead atoms. The summed E-state index contributed by atoms with van der Waals surface area (Å²) in [6.45, 7) is 7.94. The first kappa shape index (κ1) is 11.2. The lowest BCUT2D eigenvalue weighted by molar-refractivity contribution is 0.565. The van der Waals surface area contributed by atoms with Crippen molar-refractivity contribution in [2.24, 2.45) is 0 Å². The van der Waals surface area contributed by atoms with Crippen LogP contribution in [0.2, 0.25) is 0 Å². The second kappa shape index (κ2) is 4.29. The molecule has 0 saturated carbocycles. The van der Waals surface area contributed by atoms with Crippen LogP contribution in [0.1, 0.15) is 19.4 Å².